The summed E-state index contributed by atoms with van der Waals surface area (Å²) in [6.07, 6.45) is 3.22. The van der Waals surface area contributed by atoms with Crippen molar-refractivity contribution in [2.45, 2.75) is 31.3 Å². The van der Waals surface area contributed by atoms with Gasteiger partial charge in [-0.3, -0.25) is 0 Å². The standard InChI is InChI=1S/C17H17ClO/c18-16-10-2-1-9-15(16)17(19)14-8-4-7-13(11-14)12-5-3-6-12/h1-2,4,7-12,17,19H,3,5-6H2. The SMILES string of the molecule is OC(c1cccc(C2CCC2)c1)c1ccccc1Cl. The van der Waals surface area contributed by atoms with Gasteiger partial charge in [-0.05, 0) is 36.0 Å². The fourth-order valence-corrected chi connectivity index (χ4v) is 2.84. The number of aliphatic hydroxyl groups is 1. The van der Waals surface area contributed by atoms with Crippen molar-refractivity contribution in [1.82, 2.24) is 0 Å². The van der Waals surface area contributed by atoms with E-state index in [2.05, 4.69) is 12.1 Å². The second kappa shape index (κ2) is 5.36. The molecule has 3 rings (SSSR count). The van der Waals surface area contributed by atoms with E-state index in [0.717, 1.165) is 11.1 Å². The van der Waals surface area contributed by atoms with Gasteiger partial charge in [0.15, 0.2) is 0 Å². The number of benzene rings is 2. The molecule has 2 aromatic rings. The lowest BCUT2D eigenvalue weighted by molar-refractivity contribution is 0.220. The minimum atomic E-state index is -0.645. The molecule has 0 aromatic heterocycles. The summed E-state index contributed by atoms with van der Waals surface area (Å²) in [7, 11) is 0. The molecule has 1 atom stereocenters. The summed E-state index contributed by atoms with van der Waals surface area (Å²) >= 11 is 6.15. The van der Waals surface area contributed by atoms with E-state index < -0.39 is 6.10 Å². The summed E-state index contributed by atoms with van der Waals surface area (Å²) in [5.41, 5.74) is 3.04. The van der Waals surface area contributed by atoms with Gasteiger partial charge in [0.2, 0.25) is 0 Å². The predicted molar refractivity (Wildman–Crippen MR) is 78.5 cm³/mol. The van der Waals surface area contributed by atoms with Crippen molar-refractivity contribution in [2.24, 2.45) is 0 Å². The maximum absolute atomic E-state index is 10.5. The van der Waals surface area contributed by atoms with Crippen LogP contribution in [0.1, 0.15) is 48.0 Å². The first-order chi connectivity index (χ1) is 9.25. The van der Waals surface area contributed by atoms with Crippen molar-refractivity contribution in [3.05, 3.63) is 70.2 Å². The monoisotopic (exact) mass is 272 g/mol. The Kier molecular flexibility index (Phi) is 3.58. The quantitative estimate of drug-likeness (QED) is 0.859. The normalized spacial score (nSPS) is 16.9. The van der Waals surface area contributed by atoms with Gasteiger partial charge in [0.05, 0.1) is 0 Å². The van der Waals surface area contributed by atoms with Crippen molar-refractivity contribution >= 4 is 11.6 Å². The molecule has 0 heterocycles. The lowest BCUT2D eigenvalue weighted by atomic mass is 9.79. The maximum Gasteiger partial charge on any atom is 0.105 e. The van der Waals surface area contributed by atoms with E-state index in [0.29, 0.717) is 10.9 Å². The summed E-state index contributed by atoms with van der Waals surface area (Å²) in [4.78, 5) is 0. The zero-order valence-electron chi connectivity index (χ0n) is 10.7. The first-order valence-electron chi connectivity index (χ1n) is 6.78. The van der Waals surface area contributed by atoms with Crippen LogP contribution in [0.3, 0.4) is 0 Å². The summed E-state index contributed by atoms with van der Waals surface area (Å²) in [5.74, 6) is 0.679. The molecule has 19 heavy (non-hydrogen) atoms. The van der Waals surface area contributed by atoms with Crippen LogP contribution in [0, 0.1) is 0 Å². The predicted octanol–water partition coefficient (Wildman–Crippen LogP) is 4.69. The van der Waals surface area contributed by atoms with Crippen LogP contribution in [0.15, 0.2) is 48.5 Å². The number of rotatable bonds is 3. The molecular formula is C17H17ClO. The third-order valence-corrected chi connectivity index (χ3v) is 4.35. The zero-order valence-corrected chi connectivity index (χ0v) is 11.5. The van der Waals surface area contributed by atoms with Gasteiger partial charge in [-0.2, -0.15) is 0 Å². The molecule has 0 bridgehead atoms. The van der Waals surface area contributed by atoms with Crippen molar-refractivity contribution in [3.63, 3.8) is 0 Å². The van der Waals surface area contributed by atoms with Gasteiger partial charge in [0.1, 0.15) is 6.10 Å². The Bertz CT molecular complexity index is 575. The van der Waals surface area contributed by atoms with E-state index in [9.17, 15) is 5.11 Å². The number of halogens is 1. The minimum Gasteiger partial charge on any atom is -0.384 e. The summed E-state index contributed by atoms with van der Waals surface area (Å²) in [6.45, 7) is 0. The third kappa shape index (κ3) is 2.54. The van der Waals surface area contributed by atoms with Crippen molar-refractivity contribution < 1.29 is 5.11 Å². The highest BCUT2D eigenvalue weighted by atomic mass is 35.5. The van der Waals surface area contributed by atoms with Crippen LogP contribution in [0.2, 0.25) is 5.02 Å². The molecule has 1 N–H and O–H groups in total. The summed E-state index contributed by atoms with van der Waals surface area (Å²) in [6, 6.07) is 15.8. The summed E-state index contributed by atoms with van der Waals surface area (Å²) in [5, 5.41) is 11.1. The van der Waals surface area contributed by atoms with Gasteiger partial charge in [-0.25, -0.2) is 0 Å². The van der Waals surface area contributed by atoms with Crippen molar-refractivity contribution in [1.29, 1.82) is 0 Å². The first-order valence-corrected chi connectivity index (χ1v) is 7.16. The van der Waals surface area contributed by atoms with E-state index in [4.69, 9.17) is 11.6 Å². The van der Waals surface area contributed by atoms with E-state index in [1.807, 2.05) is 36.4 Å². The molecule has 0 aliphatic heterocycles. The molecular weight excluding hydrogens is 256 g/mol. The molecule has 2 heteroatoms. The largest absolute Gasteiger partial charge is 0.384 e. The first kappa shape index (κ1) is 12.7. The zero-order chi connectivity index (χ0) is 13.2. The van der Waals surface area contributed by atoms with Crippen LogP contribution in [0.25, 0.3) is 0 Å². The molecule has 1 aliphatic carbocycles. The fraction of sp³-hybridized carbons (Fsp3) is 0.294. The van der Waals surface area contributed by atoms with E-state index >= 15 is 0 Å². The molecule has 98 valence electrons. The average molecular weight is 273 g/mol. The van der Waals surface area contributed by atoms with Crippen molar-refractivity contribution in [3.8, 4) is 0 Å². The Labute approximate surface area is 118 Å². The molecule has 1 aliphatic rings. The Morgan fingerprint density at radius 2 is 1.84 bits per heavy atom. The van der Waals surface area contributed by atoms with Crippen LogP contribution in [-0.4, -0.2) is 5.11 Å². The third-order valence-electron chi connectivity index (χ3n) is 4.00. The van der Waals surface area contributed by atoms with E-state index in [1.54, 1.807) is 0 Å². The number of aliphatic hydroxyl groups excluding tert-OH is 1. The van der Waals surface area contributed by atoms with Gasteiger partial charge >= 0.3 is 0 Å². The van der Waals surface area contributed by atoms with Gasteiger partial charge in [-0.15, -0.1) is 0 Å². The Morgan fingerprint density at radius 3 is 2.53 bits per heavy atom. The number of hydrogen-bond acceptors (Lipinski definition) is 1. The van der Waals surface area contributed by atoms with Crippen LogP contribution in [0.5, 0.6) is 0 Å². The van der Waals surface area contributed by atoms with E-state index in [1.165, 1.54) is 24.8 Å². The Hall–Kier alpha value is -1.31. The molecule has 0 saturated heterocycles. The molecule has 1 saturated carbocycles. The van der Waals surface area contributed by atoms with Crippen LogP contribution in [-0.2, 0) is 0 Å². The van der Waals surface area contributed by atoms with Crippen LogP contribution in [0.4, 0.5) is 0 Å². The van der Waals surface area contributed by atoms with Crippen LogP contribution >= 0.6 is 11.6 Å². The topological polar surface area (TPSA) is 20.2 Å². The highest BCUT2D eigenvalue weighted by Gasteiger charge is 2.21. The Morgan fingerprint density at radius 1 is 1.05 bits per heavy atom. The molecule has 1 nitrogen and oxygen atoms in total. The lowest BCUT2D eigenvalue weighted by Gasteiger charge is -2.26. The van der Waals surface area contributed by atoms with E-state index in [-0.39, 0.29) is 0 Å². The smallest absolute Gasteiger partial charge is 0.105 e. The molecule has 2 aromatic carbocycles. The highest BCUT2D eigenvalue weighted by molar-refractivity contribution is 6.31. The molecule has 1 unspecified atom stereocenters. The molecule has 0 spiro atoms. The average Bonchev–Trinajstić information content (AvgIpc) is 2.37. The number of hydrogen-bond donors (Lipinski definition) is 1. The van der Waals surface area contributed by atoms with Crippen molar-refractivity contribution in [2.75, 3.05) is 0 Å². The Balaban J connectivity index is 1.91. The molecule has 0 radical (unpaired) electrons. The second-order valence-corrected chi connectivity index (χ2v) is 5.63. The van der Waals surface area contributed by atoms with Gasteiger partial charge < -0.3 is 5.11 Å². The minimum absolute atomic E-state index is 0.615. The maximum atomic E-state index is 10.5. The highest BCUT2D eigenvalue weighted by Crippen LogP contribution is 2.37. The fourth-order valence-electron chi connectivity index (χ4n) is 2.60. The lowest BCUT2D eigenvalue weighted by Crippen LogP contribution is -2.09. The van der Waals surface area contributed by atoms with Gasteiger partial charge in [-0.1, -0.05) is 60.5 Å². The van der Waals surface area contributed by atoms with Gasteiger partial charge in [0, 0.05) is 10.6 Å². The molecule has 1 fully saturated rings. The van der Waals surface area contributed by atoms with Crippen LogP contribution < -0.4 is 0 Å². The summed E-state index contributed by atoms with van der Waals surface area (Å²) < 4.78 is 0. The van der Waals surface area contributed by atoms with Gasteiger partial charge in [0.25, 0.3) is 0 Å². The molecule has 0 amide bonds. The second-order valence-electron chi connectivity index (χ2n) is 5.22.